The van der Waals surface area contributed by atoms with Gasteiger partial charge in [0, 0.05) is 22.9 Å². The van der Waals surface area contributed by atoms with Gasteiger partial charge < -0.3 is 5.32 Å². The number of halogens is 2. The van der Waals surface area contributed by atoms with E-state index in [1.807, 2.05) is 18.5 Å². The van der Waals surface area contributed by atoms with Crippen LogP contribution in [0.4, 0.5) is 5.69 Å². The van der Waals surface area contributed by atoms with Crippen LogP contribution in [0.2, 0.25) is 10.0 Å². The Balaban J connectivity index is 1.94. The molecule has 0 atom stereocenters. The van der Waals surface area contributed by atoms with E-state index in [4.69, 9.17) is 23.2 Å². The van der Waals surface area contributed by atoms with Gasteiger partial charge in [-0.2, -0.15) is 0 Å². The smallest absolute Gasteiger partial charge is 0.0797 e. The van der Waals surface area contributed by atoms with Gasteiger partial charge in [-0.25, -0.2) is 4.98 Å². The van der Waals surface area contributed by atoms with Gasteiger partial charge in [0.1, 0.15) is 0 Å². The monoisotopic (exact) mass is 286 g/mol. The van der Waals surface area contributed by atoms with Crippen LogP contribution in [0.3, 0.4) is 0 Å². The SMILES string of the molecule is Cc1ncsc1CCNc1cc(Cl)ccc1Cl. The number of nitrogens with zero attached hydrogens (tertiary/aromatic N) is 1. The molecule has 1 aromatic carbocycles. The van der Waals surface area contributed by atoms with Gasteiger partial charge in [0.15, 0.2) is 0 Å². The largest absolute Gasteiger partial charge is 0.383 e. The second-order valence-corrected chi connectivity index (χ2v) is 5.44. The summed E-state index contributed by atoms with van der Waals surface area (Å²) in [4.78, 5) is 5.52. The van der Waals surface area contributed by atoms with E-state index in [9.17, 15) is 0 Å². The minimum Gasteiger partial charge on any atom is -0.383 e. The fraction of sp³-hybridized carbons (Fsp3) is 0.250. The Morgan fingerprint density at radius 3 is 2.88 bits per heavy atom. The van der Waals surface area contributed by atoms with Crippen molar-refractivity contribution >= 4 is 40.2 Å². The van der Waals surface area contributed by atoms with E-state index in [0.717, 1.165) is 24.3 Å². The summed E-state index contributed by atoms with van der Waals surface area (Å²) in [6, 6.07) is 5.41. The van der Waals surface area contributed by atoms with Crippen molar-refractivity contribution in [2.24, 2.45) is 0 Å². The molecule has 5 heteroatoms. The Kier molecular flexibility index (Phi) is 4.26. The number of nitrogens with one attached hydrogen (secondary N) is 1. The molecule has 0 fully saturated rings. The second-order valence-electron chi connectivity index (χ2n) is 3.66. The highest BCUT2D eigenvalue weighted by Gasteiger charge is 2.03. The Bertz CT molecular complexity index is 511. The summed E-state index contributed by atoms with van der Waals surface area (Å²) in [6.07, 6.45) is 0.944. The summed E-state index contributed by atoms with van der Waals surface area (Å²) in [6.45, 7) is 2.85. The highest BCUT2D eigenvalue weighted by molar-refractivity contribution is 7.09. The topological polar surface area (TPSA) is 24.9 Å². The number of benzene rings is 1. The molecule has 17 heavy (non-hydrogen) atoms. The fourth-order valence-electron chi connectivity index (χ4n) is 1.51. The van der Waals surface area contributed by atoms with Crippen molar-refractivity contribution in [2.75, 3.05) is 11.9 Å². The van der Waals surface area contributed by atoms with Crippen LogP contribution in [-0.2, 0) is 6.42 Å². The normalized spacial score (nSPS) is 10.5. The van der Waals surface area contributed by atoms with Crippen LogP contribution >= 0.6 is 34.5 Å². The average molecular weight is 287 g/mol. The molecule has 0 aliphatic rings. The molecule has 90 valence electrons. The van der Waals surface area contributed by atoms with Crippen molar-refractivity contribution in [3.63, 3.8) is 0 Å². The zero-order valence-corrected chi connectivity index (χ0v) is 11.7. The molecule has 0 spiro atoms. The molecule has 1 heterocycles. The minimum atomic E-state index is 0.686. The van der Waals surface area contributed by atoms with Crippen LogP contribution in [0.1, 0.15) is 10.6 Å². The predicted molar refractivity (Wildman–Crippen MR) is 75.5 cm³/mol. The molecule has 0 saturated carbocycles. The highest BCUT2D eigenvalue weighted by Crippen LogP contribution is 2.25. The minimum absolute atomic E-state index is 0.686. The first kappa shape index (κ1) is 12.7. The first-order valence-electron chi connectivity index (χ1n) is 5.24. The Morgan fingerprint density at radius 1 is 1.35 bits per heavy atom. The standard InChI is InChI=1S/C12H12Cl2N2S/c1-8-12(17-7-16-8)4-5-15-11-6-9(13)2-3-10(11)14/h2-3,6-7,15H,4-5H2,1H3. The molecule has 0 unspecified atom stereocenters. The van der Waals surface area contributed by atoms with Crippen molar-refractivity contribution in [3.8, 4) is 0 Å². The maximum Gasteiger partial charge on any atom is 0.0797 e. The maximum atomic E-state index is 6.06. The van der Waals surface area contributed by atoms with Crippen LogP contribution in [0, 0.1) is 6.92 Å². The molecule has 0 aliphatic heterocycles. The van der Waals surface area contributed by atoms with E-state index in [1.54, 1.807) is 23.5 Å². The summed E-state index contributed by atoms with van der Waals surface area (Å²) in [7, 11) is 0. The number of hydrogen-bond donors (Lipinski definition) is 1. The first-order chi connectivity index (χ1) is 8.16. The quantitative estimate of drug-likeness (QED) is 0.900. The molecule has 0 radical (unpaired) electrons. The van der Waals surface area contributed by atoms with Crippen molar-refractivity contribution in [3.05, 3.63) is 44.3 Å². The third-order valence-electron chi connectivity index (χ3n) is 2.44. The van der Waals surface area contributed by atoms with E-state index in [1.165, 1.54) is 4.88 Å². The summed E-state index contributed by atoms with van der Waals surface area (Å²) >= 11 is 13.7. The molecule has 0 aliphatic carbocycles. The maximum absolute atomic E-state index is 6.06. The zero-order chi connectivity index (χ0) is 12.3. The predicted octanol–water partition coefficient (Wildman–Crippen LogP) is 4.41. The van der Waals surface area contributed by atoms with Crippen LogP contribution in [-0.4, -0.2) is 11.5 Å². The Morgan fingerprint density at radius 2 is 2.18 bits per heavy atom. The van der Waals surface area contributed by atoms with Gasteiger partial charge in [-0.15, -0.1) is 11.3 Å². The molecule has 2 aromatic rings. The van der Waals surface area contributed by atoms with E-state index < -0.39 is 0 Å². The molecule has 1 N–H and O–H groups in total. The van der Waals surface area contributed by atoms with Crippen LogP contribution in [0.25, 0.3) is 0 Å². The number of anilines is 1. The van der Waals surface area contributed by atoms with Crippen molar-refractivity contribution < 1.29 is 0 Å². The molecule has 2 rings (SSSR count). The lowest BCUT2D eigenvalue weighted by Gasteiger charge is -2.08. The number of rotatable bonds is 4. The lowest BCUT2D eigenvalue weighted by molar-refractivity contribution is 1.02. The molecule has 1 aromatic heterocycles. The van der Waals surface area contributed by atoms with Gasteiger partial charge in [-0.1, -0.05) is 23.2 Å². The Labute approximate surface area is 115 Å². The molecule has 0 amide bonds. The molecule has 0 bridgehead atoms. The third kappa shape index (κ3) is 3.35. The molecule has 0 saturated heterocycles. The highest BCUT2D eigenvalue weighted by atomic mass is 35.5. The summed E-state index contributed by atoms with van der Waals surface area (Å²) in [5.41, 5.74) is 3.85. The van der Waals surface area contributed by atoms with Gasteiger partial charge in [0.25, 0.3) is 0 Å². The summed E-state index contributed by atoms with van der Waals surface area (Å²) in [5, 5.41) is 4.66. The lowest BCUT2D eigenvalue weighted by Crippen LogP contribution is -2.05. The number of aromatic nitrogens is 1. The zero-order valence-electron chi connectivity index (χ0n) is 9.34. The summed E-state index contributed by atoms with van der Waals surface area (Å²) < 4.78 is 0. The van der Waals surface area contributed by atoms with E-state index in [2.05, 4.69) is 10.3 Å². The van der Waals surface area contributed by atoms with Gasteiger partial charge in [-0.05, 0) is 25.1 Å². The number of thiazole rings is 1. The Hall–Kier alpha value is -0.770. The van der Waals surface area contributed by atoms with E-state index in [0.29, 0.717) is 10.0 Å². The van der Waals surface area contributed by atoms with Crippen LogP contribution in [0.5, 0.6) is 0 Å². The van der Waals surface area contributed by atoms with Gasteiger partial charge in [0.05, 0.1) is 21.9 Å². The van der Waals surface area contributed by atoms with E-state index >= 15 is 0 Å². The number of aryl methyl sites for hydroxylation is 1. The lowest BCUT2D eigenvalue weighted by atomic mass is 10.2. The third-order valence-corrected chi connectivity index (χ3v) is 4.00. The molecule has 2 nitrogen and oxygen atoms in total. The van der Waals surface area contributed by atoms with Crippen molar-refractivity contribution in [1.29, 1.82) is 0 Å². The fourth-order valence-corrected chi connectivity index (χ4v) is 2.65. The van der Waals surface area contributed by atoms with Gasteiger partial charge >= 0.3 is 0 Å². The van der Waals surface area contributed by atoms with Crippen molar-refractivity contribution in [1.82, 2.24) is 4.98 Å². The van der Waals surface area contributed by atoms with Gasteiger partial charge in [0.2, 0.25) is 0 Å². The first-order valence-corrected chi connectivity index (χ1v) is 6.88. The van der Waals surface area contributed by atoms with Crippen LogP contribution < -0.4 is 5.32 Å². The molecular weight excluding hydrogens is 275 g/mol. The average Bonchev–Trinajstić information content (AvgIpc) is 2.70. The number of hydrogen-bond acceptors (Lipinski definition) is 3. The van der Waals surface area contributed by atoms with Gasteiger partial charge in [-0.3, -0.25) is 0 Å². The molecular formula is C12H12Cl2N2S. The van der Waals surface area contributed by atoms with Crippen LogP contribution in [0.15, 0.2) is 23.7 Å². The summed E-state index contributed by atoms with van der Waals surface area (Å²) in [5.74, 6) is 0. The van der Waals surface area contributed by atoms with E-state index in [-0.39, 0.29) is 0 Å². The second kappa shape index (κ2) is 5.71. The van der Waals surface area contributed by atoms with Crippen molar-refractivity contribution in [2.45, 2.75) is 13.3 Å².